The standard InChI is InChI=1S/C18H14Cl2F3NOS/c1-10-4-12(2-3-16(10)17(24)25)13(9-26-18(21,22)23)5-11-6-14(19)8-15(20)7-11/h2-4,6-9H,5H2,1H3,(H2,24,25)/b13-9+. The zero-order chi connectivity index (χ0) is 19.5. The lowest BCUT2D eigenvalue weighted by Crippen LogP contribution is -2.12. The van der Waals surface area contributed by atoms with Crippen LogP contribution >= 0.6 is 35.0 Å². The number of primary amides is 1. The van der Waals surface area contributed by atoms with E-state index in [1.165, 1.54) is 6.07 Å². The number of allylic oxidation sites excluding steroid dienone is 1. The van der Waals surface area contributed by atoms with Gasteiger partial charge in [-0.25, -0.2) is 0 Å². The lowest BCUT2D eigenvalue weighted by molar-refractivity contribution is -0.0320. The number of thioether (sulfide) groups is 1. The van der Waals surface area contributed by atoms with Crippen LogP contribution in [0.3, 0.4) is 0 Å². The molecule has 2 nitrogen and oxygen atoms in total. The highest BCUT2D eigenvalue weighted by atomic mass is 35.5. The topological polar surface area (TPSA) is 43.1 Å². The first-order valence-electron chi connectivity index (χ1n) is 7.34. The molecule has 0 aliphatic carbocycles. The highest BCUT2D eigenvalue weighted by molar-refractivity contribution is 8.03. The zero-order valence-corrected chi connectivity index (χ0v) is 15.9. The summed E-state index contributed by atoms with van der Waals surface area (Å²) in [6.07, 6.45) is 0.193. The van der Waals surface area contributed by atoms with Gasteiger partial charge in [0.05, 0.1) is 0 Å². The number of aryl methyl sites for hydroxylation is 1. The molecule has 0 radical (unpaired) electrons. The van der Waals surface area contributed by atoms with Gasteiger partial charge in [0.2, 0.25) is 5.91 Å². The molecule has 0 saturated heterocycles. The fraction of sp³-hybridized carbons (Fsp3) is 0.167. The Morgan fingerprint density at radius 3 is 2.27 bits per heavy atom. The molecule has 2 aromatic rings. The maximum Gasteiger partial charge on any atom is 0.445 e. The van der Waals surface area contributed by atoms with Crippen LogP contribution in [-0.2, 0) is 6.42 Å². The van der Waals surface area contributed by atoms with Gasteiger partial charge in [0.15, 0.2) is 0 Å². The molecule has 0 unspecified atom stereocenters. The summed E-state index contributed by atoms with van der Waals surface area (Å²) in [5, 5.41) is 1.85. The molecule has 0 spiro atoms. The van der Waals surface area contributed by atoms with E-state index in [0.717, 1.165) is 5.41 Å². The van der Waals surface area contributed by atoms with Crippen LogP contribution in [0.1, 0.15) is 27.0 Å². The van der Waals surface area contributed by atoms with Crippen molar-refractivity contribution in [3.8, 4) is 0 Å². The number of carbonyl (C=O) groups is 1. The number of rotatable bonds is 5. The SMILES string of the molecule is Cc1cc(/C(=C/SC(F)(F)F)Cc2cc(Cl)cc(Cl)c2)ccc1C(N)=O. The Balaban J connectivity index is 2.44. The molecular formula is C18H14Cl2F3NOS. The number of nitrogens with two attached hydrogens (primary N) is 1. The third kappa shape index (κ3) is 5.97. The van der Waals surface area contributed by atoms with Gasteiger partial charge in [-0.05, 0) is 77.0 Å². The summed E-state index contributed by atoms with van der Waals surface area (Å²) in [5.74, 6) is -0.592. The second kappa shape index (κ2) is 8.37. The van der Waals surface area contributed by atoms with Gasteiger partial charge in [-0.3, -0.25) is 4.79 Å². The van der Waals surface area contributed by atoms with Crippen LogP contribution in [0.2, 0.25) is 10.0 Å². The van der Waals surface area contributed by atoms with Crippen LogP contribution in [0.4, 0.5) is 13.2 Å². The molecule has 2 N–H and O–H groups in total. The number of halogens is 5. The van der Waals surface area contributed by atoms with Gasteiger partial charge >= 0.3 is 5.51 Å². The molecule has 1 amide bonds. The summed E-state index contributed by atoms with van der Waals surface area (Å²) in [7, 11) is 0. The predicted octanol–water partition coefficient (Wildman–Crippen LogP) is 6.24. The van der Waals surface area contributed by atoms with Gasteiger partial charge in [0.25, 0.3) is 0 Å². The quantitative estimate of drug-likeness (QED) is 0.623. The van der Waals surface area contributed by atoms with Gasteiger partial charge in [-0.2, -0.15) is 13.2 Å². The maximum absolute atomic E-state index is 12.7. The van der Waals surface area contributed by atoms with Gasteiger partial charge < -0.3 is 5.73 Å². The highest BCUT2D eigenvalue weighted by Crippen LogP contribution is 2.35. The lowest BCUT2D eigenvalue weighted by atomic mass is 9.96. The van der Waals surface area contributed by atoms with Crippen LogP contribution < -0.4 is 5.73 Å². The average molecular weight is 420 g/mol. The van der Waals surface area contributed by atoms with Crippen LogP contribution in [0.5, 0.6) is 0 Å². The van der Waals surface area contributed by atoms with Crippen LogP contribution in [-0.4, -0.2) is 11.4 Å². The van der Waals surface area contributed by atoms with Crippen molar-refractivity contribution in [3.63, 3.8) is 0 Å². The molecule has 0 saturated carbocycles. The zero-order valence-electron chi connectivity index (χ0n) is 13.5. The number of carbonyl (C=O) groups excluding carboxylic acids is 1. The van der Waals surface area contributed by atoms with Crippen molar-refractivity contribution >= 4 is 46.4 Å². The molecule has 138 valence electrons. The average Bonchev–Trinajstić information content (AvgIpc) is 2.49. The Morgan fingerprint density at radius 1 is 1.15 bits per heavy atom. The molecular weight excluding hydrogens is 406 g/mol. The van der Waals surface area contributed by atoms with E-state index in [0.29, 0.717) is 37.9 Å². The smallest absolute Gasteiger partial charge is 0.366 e. The molecule has 0 aliphatic rings. The normalized spacial score (nSPS) is 12.3. The van der Waals surface area contributed by atoms with E-state index in [9.17, 15) is 18.0 Å². The van der Waals surface area contributed by atoms with E-state index < -0.39 is 11.4 Å². The Labute approximate surface area is 163 Å². The first-order chi connectivity index (χ1) is 12.0. The van der Waals surface area contributed by atoms with Crippen molar-refractivity contribution in [2.75, 3.05) is 0 Å². The molecule has 0 atom stereocenters. The van der Waals surface area contributed by atoms with Gasteiger partial charge in [0, 0.05) is 15.6 Å². The molecule has 8 heteroatoms. The van der Waals surface area contributed by atoms with E-state index in [1.807, 2.05) is 0 Å². The second-order valence-corrected chi connectivity index (χ2v) is 7.36. The number of hydrogen-bond donors (Lipinski definition) is 1. The first-order valence-corrected chi connectivity index (χ1v) is 8.98. The molecule has 0 aromatic heterocycles. The Bertz CT molecular complexity index is 846. The summed E-state index contributed by atoms with van der Waals surface area (Å²) in [5.41, 5.74) is 3.43. The number of amides is 1. The summed E-state index contributed by atoms with van der Waals surface area (Å²) >= 11 is 11.7. The van der Waals surface area contributed by atoms with Crippen molar-refractivity contribution in [2.45, 2.75) is 18.9 Å². The minimum Gasteiger partial charge on any atom is -0.366 e. The van der Waals surface area contributed by atoms with Gasteiger partial charge in [0.1, 0.15) is 0 Å². The van der Waals surface area contributed by atoms with Crippen LogP contribution in [0, 0.1) is 6.92 Å². The molecule has 0 aliphatic heterocycles. The largest absolute Gasteiger partial charge is 0.445 e. The maximum atomic E-state index is 12.7. The monoisotopic (exact) mass is 419 g/mol. The highest BCUT2D eigenvalue weighted by Gasteiger charge is 2.27. The number of hydrogen-bond acceptors (Lipinski definition) is 2. The van der Waals surface area contributed by atoms with Crippen molar-refractivity contribution in [3.05, 3.63) is 74.1 Å². The minimum atomic E-state index is -4.40. The lowest BCUT2D eigenvalue weighted by Gasteiger charge is -2.12. The fourth-order valence-corrected chi connectivity index (χ4v) is 3.49. The van der Waals surface area contributed by atoms with Crippen LogP contribution in [0.15, 0.2) is 41.8 Å². The van der Waals surface area contributed by atoms with E-state index >= 15 is 0 Å². The van der Waals surface area contributed by atoms with Crippen LogP contribution in [0.25, 0.3) is 5.57 Å². The second-order valence-electron chi connectivity index (χ2n) is 5.56. The van der Waals surface area contributed by atoms with Gasteiger partial charge in [-0.15, -0.1) is 0 Å². The molecule has 26 heavy (non-hydrogen) atoms. The fourth-order valence-electron chi connectivity index (χ4n) is 2.42. The molecule has 0 heterocycles. The summed E-state index contributed by atoms with van der Waals surface area (Å²) in [4.78, 5) is 11.4. The van der Waals surface area contributed by atoms with Gasteiger partial charge in [-0.1, -0.05) is 35.3 Å². The molecule has 2 rings (SSSR count). The van der Waals surface area contributed by atoms with E-state index in [-0.39, 0.29) is 18.2 Å². The van der Waals surface area contributed by atoms with E-state index in [1.54, 1.807) is 37.3 Å². The Morgan fingerprint density at radius 2 is 1.77 bits per heavy atom. The minimum absolute atomic E-state index is 0.193. The van der Waals surface area contributed by atoms with Crippen molar-refractivity contribution in [2.24, 2.45) is 5.73 Å². The first kappa shape index (κ1) is 20.7. The van der Waals surface area contributed by atoms with E-state index in [2.05, 4.69) is 0 Å². The Hall–Kier alpha value is -1.63. The molecule has 2 aromatic carbocycles. The van der Waals surface area contributed by atoms with Crippen molar-refractivity contribution < 1.29 is 18.0 Å². The summed E-state index contributed by atoms with van der Waals surface area (Å²) in [6.45, 7) is 1.67. The predicted molar refractivity (Wildman–Crippen MR) is 101 cm³/mol. The summed E-state index contributed by atoms with van der Waals surface area (Å²) < 4.78 is 38.0. The third-order valence-corrected chi connectivity index (χ3v) is 4.62. The number of alkyl halides is 3. The summed E-state index contributed by atoms with van der Waals surface area (Å²) in [6, 6.07) is 9.54. The molecule has 0 fully saturated rings. The Kier molecular flexibility index (Phi) is 6.66. The van der Waals surface area contributed by atoms with E-state index in [4.69, 9.17) is 28.9 Å². The number of benzene rings is 2. The third-order valence-electron chi connectivity index (χ3n) is 3.51. The molecule has 0 bridgehead atoms. The van der Waals surface area contributed by atoms with Crippen molar-refractivity contribution in [1.29, 1.82) is 0 Å². The van der Waals surface area contributed by atoms with Crippen molar-refractivity contribution in [1.82, 2.24) is 0 Å².